The highest BCUT2D eigenvalue weighted by Gasteiger charge is 2.36. The normalized spacial score (nSPS) is 12.0. The zero-order valence-electron chi connectivity index (χ0n) is 9.15. The zero-order valence-corrected chi connectivity index (χ0v) is 9.15. The third-order valence-corrected chi connectivity index (χ3v) is 2.22. The van der Waals surface area contributed by atoms with Crippen molar-refractivity contribution in [1.82, 2.24) is 0 Å². The molecule has 5 heteroatoms. The molecule has 16 heavy (non-hydrogen) atoms. The molecule has 0 spiro atoms. The molecule has 0 aliphatic heterocycles. The summed E-state index contributed by atoms with van der Waals surface area (Å²) >= 11 is 0. The molecule has 0 fully saturated rings. The summed E-state index contributed by atoms with van der Waals surface area (Å²) in [5, 5.41) is 0. The van der Waals surface area contributed by atoms with Crippen molar-refractivity contribution in [3.63, 3.8) is 0 Å². The monoisotopic (exact) mass is 236 g/mol. The van der Waals surface area contributed by atoms with E-state index in [9.17, 15) is 17.6 Å². The number of rotatable bonds is 2. The lowest BCUT2D eigenvalue weighted by molar-refractivity contribution is -0.138. The lowest BCUT2D eigenvalue weighted by Crippen LogP contribution is -2.12. The van der Waals surface area contributed by atoms with E-state index in [0.717, 1.165) is 12.1 Å². The smallest absolute Gasteiger partial charge is 0.416 e. The van der Waals surface area contributed by atoms with E-state index in [-0.39, 0.29) is 11.3 Å². The van der Waals surface area contributed by atoms with Crippen molar-refractivity contribution in [3.05, 3.63) is 29.1 Å². The predicted molar refractivity (Wildman–Crippen MR) is 52.0 cm³/mol. The van der Waals surface area contributed by atoms with Gasteiger partial charge in [0.2, 0.25) is 0 Å². The maximum absolute atomic E-state index is 13.5. The summed E-state index contributed by atoms with van der Waals surface area (Å²) in [6, 6.07) is 1.78. The molecule has 0 bridgehead atoms. The Labute approximate surface area is 91.0 Å². The van der Waals surface area contributed by atoms with Crippen LogP contribution in [0.3, 0.4) is 0 Å². The highest BCUT2D eigenvalue weighted by atomic mass is 19.4. The average Bonchev–Trinajstić information content (AvgIpc) is 2.14. The summed E-state index contributed by atoms with van der Waals surface area (Å²) < 4.78 is 56.2. The SMILES string of the molecule is COc1cc(F)c(C(C)C)c(C(F)(F)F)c1. The highest BCUT2D eigenvalue weighted by Crippen LogP contribution is 2.38. The lowest BCUT2D eigenvalue weighted by Gasteiger charge is -2.17. The summed E-state index contributed by atoms with van der Waals surface area (Å²) in [5.74, 6) is -1.56. The van der Waals surface area contributed by atoms with Crippen molar-refractivity contribution in [2.75, 3.05) is 7.11 Å². The second-order valence-electron chi connectivity index (χ2n) is 3.72. The van der Waals surface area contributed by atoms with E-state index in [1.165, 1.54) is 21.0 Å². The Hall–Kier alpha value is -1.26. The van der Waals surface area contributed by atoms with Crippen LogP contribution in [0, 0.1) is 5.82 Å². The minimum atomic E-state index is -4.57. The largest absolute Gasteiger partial charge is 0.497 e. The van der Waals surface area contributed by atoms with Gasteiger partial charge >= 0.3 is 6.18 Å². The van der Waals surface area contributed by atoms with Crippen LogP contribution in [0.1, 0.15) is 30.9 Å². The van der Waals surface area contributed by atoms with Gasteiger partial charge in [-0.25, -0.2) is 4.39 Å². The molecule has 0 heterocycles. The Morgan fingerprint density at radius 2 is 1.75 bits per heavy atom. The molecule has 1 aromatic carbocycles. The second kappa shape index (κ2) is 4.31. The van der Waals surface area contributed by atoms with E-state index in [1.54, 1.807) is 0 Å². The summed E-state index contributed by atoms with van der Waals surface area (Å²) in [4.78, 5) is 0. The number of ether oxygens (including phenoxy) is 1. The van der Waals surface area contributed by atoms with E-state index >= 15 is 0 Å². The lowest BCUT2D eigenvalue weighted by atomic mass is 9.96. The fourth-order valence-corrected chi connectivity index (χ4v) is 1.53. The first kappa shape index (κ1) is 12.8. The molecule has 0 aromatic heterocycles. The summed E-state index contributed by atoms with van der Waals surface area (Å²) in [6.07, 6.45) is -4.57. The zero-order chi connectivity index (χ0) is 12.5. The van der Waals surface area contributed by atoms with E-state index < -0.39 is 23.5 Å². The van der Waals surface area contributed by atoms with Crippen molar-refractivity contribution >= 4 is 0 Å². The molecular weight excluding hydrogens is 224 g/mol. The molecule has 1 aromatic rings. The van der Waals surface area contributed by atoms with Crippen LogP contribution in [0.2, 0.25) is 0 Å². The average molecular weight is 236 g/mol. The van der Waals surface area contributed by atoms with Crippen LogP contribution in [0.4, 0.5) is 17.6 Å². The van der Waals surface area contributed by atoms with Gasteiger partial charge in [0.15, 0.2) is 0 Å². The maximum atomic E-state index is 13.5. The topological polar surface area (TPSA) is 9.23 Å². The van der Waals surface area contributed by atoms with Crippen LogP contribution in [-0.4, -0.2) is 7.11 Å². The summed E-state index contributed by atoms with van der Waals surface area (Å²) in [7, 11) is 1.20. The van der Waals surface area contributed by atoms with Crippen LogP contribution in [0.25, 0.3) is 0 Å². The van der Waals surface area contributed by atoms with Crippen molar-refractivity contribution in [1.29, 1.82) is 0 Å². The molecule has 0 unspecified atom stereocenters. The summed E-state index contributed by atoms with van der Waals surface area (Å²) in [6.45, 7) is 3.03. The molecule has 1 rings (SSSR count). The molecule has 0 radical (unpaired) electrons. The van der Waals surface area contributed by atoms with Gasteiger partial charge < -0.3 is 4.74 Å². The van der Waals surface area contributed by atoms with E-state index in [2.05, 4.69) is 4.74 Å². The Balaban J connectivity index is 3.47. The van der Waals surface area contributed by atoms with Gasteiger partial charge in [-0.1, -0.05) is 13.8 Å². The Kier molecular flexibility index (Phi) is 3.45. The first-order valence-electron chi connectivity index (χ1n) is 4.72. The van der Waals surface area contributed by atoms with Gasteiger partial charge in [-0.2, -0.15) is 13.2 Å². The Morgan fingerprint density at radius 1 is 1.19 bits per heavy atom. The molecule has 0 saturated heterocycles. The number of hydrogen-bond donors (Lipinski definition) is 0. The number of methoxy groups -OCH3 is 1. The second-order valence-corrected chi connectivity index (χ2v) is 3.72. The minimum absolute atomic E-state index is 0.130. The molecule has 0 N–H and O–H groups in total. The molecule has 0 saturated carbocycles. The molecule has 0 amide bonds. The van der Waals surface area contributed by atoms with Gasteiger partial charge in [-0.05, 0) is 12.0 Å². The first-order chi connectivity index (χ1) is 7.27. The van der Waals surface area contributed by atoms with Crippen LogP contribution in [-0.2, 0) is 6.18 Å². The third-order valence-electron chi connectivity index (χ3n) is 2.22. The van der Waals surface area contributed by atoms with Gasteiger partial charge in [0.1, 0.15) is 11.6 Å². The molecule has 90 valence electrons. The molecular formula is C11H12F4O. The van der Waals surface area contributed by atoms with E-state index in [1.807, 2.05) is 0 Å². The van der Waals surface area contributed by atoms with Gasteiger partial charge in [-0.15, -0.1) is 0 Å². The van der Waals surface area contributed by atoms with Gasteiger partial charge in [0.05, 0.1) is 12.7 Å². The number of hydrogen-bond acceptors (Lipinski definition) is 1. The number of halogens is 4. The van der Waals surface area contributed by atoms with Gasteiger partial charge in [-0.3, -0.25) is 0 Å². The van der Waals surface area contributed by atoms with Crippen LogP contribution < -0.4 is 4.74 Å². The van der Waals surface area contributed by atoms with Crippen molar-refractivity contribution < 1.29 is 22.3 Å². The first-order valence-corrected chi connectivity index (χ1v) is 4.72. The Morgan fingerprint density at radius 3 is 2.12 bits per heavy atom. The van der Waals surface area contributed by atoms with Gasteiger partial charge in [0.25, 0.3) is 0 Å². The van der Waals surface area contributed by atoms with E-state index in [0.29, 0.717) is 0 Å². The third kappa shape index (κ3) is 2.46. The minimum Gasteiger partial charge on any atom is -0.497 e. The Bertz CT molecular complexity index is 382. The highest BCUT2D eigenvalue weighted by molar-refractivity contribution is 5.40. The molecule has 0 aliphatic carbocycles. The standard InChI is InChI=1S/C11H12F4O/c1-6(2)10-8(11(13,14)15)4-7(16-3)5-9(10)12/h4-6H,1-3H3. The quantitative estimate of drug-likeness (QED) is 0.706. The maximum Gasteiger partial charge on any atom is 0.416 e. The van der Waals surface area contributed by atoms with Crippen LogP contribution in [0.5, 0.6) is 5.75 Å². The van der Waals surface area contributed by atoms with Crippen molar-refractivity contribution in [3.8, 4) is 5.75 Å². The number of benzene rings is 1. The fourth-order valence-electron chi connectivity index (χ4n) is 1.53. The van der Waals surface area contributed by atoms with Crippen LogP contribution in [0.15, 0.2) is 12.1 Å². The molecule has 0 aliphatic rings. The van der Waals surface area contributed by atoms with Crippen molar-refractivity contribution in [2.24, 2.45) is 0 Å². The predicted octanol–water partition coefficient (Wildman–Crippen LogP) is 3.98. The number of alkyl halides is 3. The molecule has 1 nitrogen and oxygen atoms in total. The van der Waals surface area contributed by atoms with Crippen molar-refractivity contribution in [2.45, 2.75) is 25.9 Å². The van der Waals surface area contributed by atoms with E-state index in [4.69, 9.17) is 0 Å². The fraction of sp³-hybridized carbons (Fsp3) is 0.455. The summed E-state index contributed by atoms with van der Waals surface area (Å²) in [5.41, 5.74) is -1.30. The van der Waals surface area contributed by atoms with Crippen LogP contribution >= 0.6 is 0 Å². The van der Waals surface area contributed by atoms with Gasteiger partial charge in [0, 0.05) is 11.6 Å². The molecule has 0 atom stereocenters.